The zero-order valence-electron chi connectivity index (χ0n) is 18.8. The van der Waals surface area contributed by atoms with Gasteiger partial charge in [0.15, 0.2) is 0 Å². The quantitative estimate of drug-likeness (QED) is 0.401. The zero-order valence-corrected chi connectivity index (χ0v) is 18.8. The molecule has 3 aromatic heterocycles. The lowest BCUT2D eigenvalue weighted by Crippen LogP contribution is -2.31. The van der Waals surface area contributed by atoms with Gasteiger partial charge in [0.25, 0.3) is 0 Å². The minimum absolute atomic E-state index is 0.311. The molecule has 168 valence electrons. The van der Waals surface area contributed by atoms with Gasteiger partial charge in [-0.3, -0.25) is 14.9 Å². The van der Waals surface area contributed by atoms with Crippen molar-refractivity contribution >= 4 is 0 Å². The van der Waals surface area contributed by atoms with Crippen LogP contribution in [0.1, 0.15) is 52.7 Å². The molecule has 2 N–H and O–H groups in total. The summed E-state index contributed by atoms with van der Waals surface area (Å²) in [7, 11) is 0. The van der Waals surface area contributed by atoms with E-state index in [2.05, 4.69) is 61.6 Å². The van der Waals surface area contributed by atoms with Gasteiger partial charge in [-0.2, -0.15) is 0 Å². The van der Waals surface area contributed by atoms with Gasteiger partial charge in [0.1, 0.15) is 0 Å². The number of H-pyrrole nitrogens is 1. The van der Waals surface area contributed by atoms with E-state index in [1.54, 1.807) is 6.33 Å². The van der Waals surface area contributed by atoms with E-state index in [-0.39, 0.29) is 0 Å². The van der Waals surface area contributed by atoms with Crippen LogP contribution in [0.3, 0.4) is 0 Å². The van der Waals surface area contributed by atoms with E-state index in [9.17, 15) is 0 Å². The lowest BCUT2D eigenvalue weighted by molar-refractivity contribution is 0.155. The second-order valence-electron chi connectivity index (χ2n) is 8.66. The molecule has 6 heteroatoms. The maximum Gasteiger partial charge on any atom is 0.0923 e. The number of nitrogens with zero attached hydrogens (tertiary/aromatic N) is 4. The molecule has 0 radical (unpaired) electrons. The summed E-state index contributed by atoms with van der Waals surface area (Å²) in [6, 6.07) is 19.5. The van der Waals surface area contributed by atoms with Crippen molar-refractivity contribution in [2.45, 2.75) is 51.5 Å². The minimum atomic E-state index is 0.311. The van der Waals surface area contributed by atoms with Crippen LogP contribution < -0.4 is 5.32 Å². The van der Waals surface area contributed by atoms with Crippen LogP contribution in [0, 0.1) is 0 Å². The highest BCUT2D eigenvalue weighted by Gasteiger charge is 2.27. The SMILES string of the molecule is c1ccc(CNCc2ccc(CN(Cc3c[nH]cn3)C3CCCc4cccnc43)cc2)nc1. The standard InChI is InChI=1S/C27H30N6/c1-2-13-30-24(7-1)16-28-15-21-9-11-22(12-10-21)18-33(19-25-17-29-20-32-25)26-8-3-5-23-6-4-14-31-27(23)26/h1-2,4,6-7,9-14,17,20,26,28H,3,5,8,15-16,18-19H2,(H,29,32). The number of imidazole rings is 1. The molecule has 5 rings (SSSR count). The van der Waals surface area contributed by atoms with Crippen molar-refractivity contribution in [2.24, 2.45) is 0 Å². The Labute approximate surface area is 195 Å². The molecule has 0 saturated heterocycles. The number of pyridine rings is 2. The maximum absolute atomic E-state index is 4.78. The Balaban J connectivity index is 1.27. The van der Waals surface area contributed by atoms with Crippen LogP contribution in [0.15, 0.2) is 79.5 Å². The zero-order chi connectivity index (χ0) is 22.3. The van der Waals surface area contributed by atoms with Gasteiger partial charge >= 0.3 is 0 Å². The molecule has 0 spiro atoms. The van der Waals surface area contributed by atoms with E-state index < -0.39 is 0 Å². The molecule has 0 saturated carbocycles. The Morgan fingerprint density at radius 1 is 0.848 bits per heavy atom. The molecule has 3 heterocycles. The molecule has 0 amide bonds. The molecule has 6 nitrogen and oxygen atoms in total. The number of hydrogen-bond donors (Lipinski definition) is 2. The highest BCUT2D eigenvalue weighted by Crippen LogP contribution is 2.34. The lowest BCUT2D eigenvalue weighted by atomic mass is 9.90. The molecule has 1 aliphatic carbocycles. The van der Waals surface area contributed by atoms with E-state index in [1.807, 2.05) is 36.8 Å². The van der Waals surface area contributed by atoms with Gasteiger partial charge in [-0.25, -0.2) is 4.98 Å². The predicted octanol–water partition coefficient (Wildman–Crippen LogP) is 4.57. The van der Waals surface area contributed by atoms with Crippen LogP contribution in [0.2, 0.25) is 0 Å². The molecule has 1 aliphatic rings. The largest absolute Gasteiger partial charge is 0.351 e. The van der Waals surface area contributed by atoms with Crippen molar-refractivity contribution in [3.05, 3.63) is 113 Å². The Bertz CT molecular complexity index is 1130. The molecule has 0 bridgehead atoms. The van der Waals surface area contributed by atoms with Gasteiger partial charge in [0.2, 0.25) is 0 Å². The molecular formula is C27H30N6. The van der Waals surface area contributed by atoms with Crippen molar-refractivity contribution in [2.75, 3.05) is 0 Å². The fourth-order valence-electron chi connectivity index (χ4n) is 4.64. The van der Waals surface area contributed by atoms with Gasteiger partial charge in [-0.1, -0.05) is 36.4 Å². The summed E-state index contributed by atoms with van der Waals surface area (Å²) in [5, 5.41) is 3.48. The lowest BCUT2D eigenvalue weighted by Gasteiger charge is -2.34. The summed E-state index contributed by atoms with van der Waals surface area (Å²) in [4.78, 5) is 19.3. The monoisotopic (exact) mass is 438 g/mol. The average molecular weight is 439 g/mol. The van der Waals surface area contributed by atoms with E-state index in [0.717, 1.165) is 50.4 Å². The Hall–Kier alpha value is -3.35. The van der Waals surface area contributed by atoms with E-state index in [4.69, 9.17) is 4.98 Å². The highest BCUT2D eigenvalue weighted by atomic mass is 15.2. The first kappa shape index (κ1) is 21.5. The number of benzene rings is 1. The number of aromatic nitrogens is 4. The summed E-state index contributed by atoms with van der Waals surface area (Å²) < 4.78 is 0. The first-order chi connectivity index (χ1) is 16.3. The van der Waals surface area contributed by atoms with Gasteiger partial charge < -0.3 is 10.3 Å². The molecule has 1 atom stereocenters. The topological polar surface area (TPSA) is 69.7 Å². The van der Waals surface area contributed by atoms with Crippen LogP contribution in [0.25, 0.3) is 0 Å². The smallest absolute Gasteiger partial charge is 0.0923 e. The Morgan fingerprint density at radius 2 is 1.73 bits per heavy atom. The third-order valence-electron chi connectivity index (χ3n) is 6.30. The number of rotatable bonds is 9. The van der Waals surface area contributed by atoms with Gasteiger partial charge in [-0.05, 0) is 54.2 Å². The van der Waals surface area contributed by atoms with Gasteiger partial charge in [0, 0.05) is 44.8 Å². The van der Waals surface area contributed by atoms with E-state index in [1.165, 1.54) is 28.8 Å². The summed E-state index contributed by atoms with van der Waals surface area (Å²) in [6.45, 7) is 3.27. The number of nitrogens with one attached hydrogen (secondary N) is 2. The second-order valence-corrected chi connectivity index (χ2v) is 8.66. The number of hydrogen-bond acceptors (Lipinski definition) is 5. The average Bonchev–Trinajstić information content (AvgIpc) is 3.38. The fraction of sp³-hybridized carbons (Fsp3) is 0.296. The van der Waals surface area contributed by atoms with Crippen molar-refractivity contribution in [1.82, 2.24) is 30.2 Å². The summed E-state index contributed by atoms with van der Waals surface area (Å²) in [5.74, 6) is 0. The van der Waals surface area contributed by atoms with Crippen LogP contribution in [0.4, 0.5) is 0 Å². The molecule has 0 aliphatic heterocycles. The number of fused-ring (bicyclic) bond motifs is 1. The third kappa shape index (κ3) is 5.53. The molecule has 4 aromatic rings. The van der Waals surface area contributed by atoms with Crippen molar-refractivity contribution in [1.29, 1.82) is 0 Å². The highest BCUT2D eigenvalue weighted by molar-refractivity contribution is 5.27. The first-order valence-corrected chi connectivity index (χ1v) is 11.7. The Kier molecular flexibility index (Phi) is 6.85. The third-order valence-corrected chi connectivity index (χ3v) is 6.30. The number of aromatic amines is 1. The van der Waals surface area contributed by atoms with Crippen LogP contribution in [-0.4, -0.2) is 24.8 Å². The van der Waals surface area contributed by atoms with Crippen molar-refractivity contribution in [3.8, 4) is 0 Å². The molecular weight excluding hydrogens is 408 g/mol. The summed E-state index contributed by atoms with van der Waals surface area (Å²) in [6.07, 6.45) is 11.0. The first-order valence-electron chi connectivity index (χ1n) is 11.7. The van der Waals surface area contributed by atoms with E-state index in [0.29, 0.717) is 6.04 Å². The van der Waals surface area contributed by atoms with Crippen LogP contribution in [0.5, 0.6) is 0 Å². The minimum Gasteiger partial charge on any atom is -0.351 e. The molecule has 33 heavy (non-hydrogen) atoms. The van der Waals surface area contributed by atoms with Crippen molar-refractivity contribution in [3.63, 3.8) is 0 Å². The molecule has 1 aromatic carbocycles. The number of aryl methyl sites for hydroxylation is 1. The maximum atomic E-state index is 4.78. The van der Waals surface area contributed by atoms with Gasteiger partial charge in [-0.15, -0.1) is 0 Å². The Morgan fingerprint density at radius 3 is 2.55 bits per heavy atom. The van der Waals surface area contributed by atoms with E-state index >= 15 is 0 Å². The van der Waals surface area contributed by atoms with Crippen LogP contribution >= 0.6 is 0 Å². The normalized spacial score (nSPS) is 15.5. The fourth-order valence-corrected chi connectivity index (χ4v) is 4.64. The molecule has 0 fully saturated rings. The van der Waals surface area contributed by atoms with Crippen molar-refractivity contribution < 1.29 is 0 Å². The molecule has 1 unspecified atom stereocenters. The second kappa shape index (κ2) is 10.5. The van der Waals surface area contributed by atoms with Gasteiger partial charge in [0.05, 0.1) is 29.5 Å². The van der Waals surface area contributed by atoms with Crippen LogP contribution in [-0.2, 0) is 32.6 Å². The summed E-state index contributed by atoms with van der Waals surface area (Å²) in [5.41, 5.74) is 7.32. The summed E-state index contributed by atoms with van der Waals surface area (Å²) >= 11 is 0. The predicted molar refractivity (Wildman–Crippen MR) is 129 cm³/mol.